The van der Waals surface area contributed by atoms with Gasteiger partial charge in [0.2, 0.25) is 0 Å². The predicted octanol–water partition coefficient (Wildman–Crippen LogP) is 4.53. The van der Waals surface area contributed by atoms with E-state index in [1.165, 1.54) is 29.1 Å². The highest BCUT2D eigenvalue weighted by molar-refractivity contribution is 6.08. The maximum absolute atomic E-state index is 13.6. The van der Waals surface area contributed by atoms with Crippen molar-refractivity contribution in [2.24, 2.45) is 0 Å². The number of hydrogen-bond donors (Lipinski definition) is 1. The van der Waals surface area contributed by atoms with Gasteiger partial charge in [-0.2, -0.15) is 5.10 Å². The zero-order valence-corrected chi connectivity index (χ0v) is 17.1. The van der Waals surface area contributed by atoms with Gasteiger partial charge in [0, 0.05) is 18.7 Å². The Morgan fingerprint density at radius 2 is 1.73 bits per heavy atom. The highest BCUT2D eigenvalue weighted by atomic mass is 19.1. The van der Waals surface area contributed by atoms with Crippen molar-refractivity contribution in [3.63, 3.8) is 0 Å². The molecule has 0 saturated heterocycles. The van der Waals surface area contributed by atoms with Gasteiger partial charge in [0.1, 0.15) is 17.2 Å². The molecule has 0 saturated carbocycles. The molecule has 0 fully saturated rings. The second-order valence-corrected chi connectivity index (χ2v) is 6.91. The SMILES string of the molecule is CCCN(CCC)C(=O)c1cnn(-c2ccccc2)c1NC(=O)c1cccc(F)c1. The number of aromatic nitrogens is 2. The third-order valence-electron chi connectivity index (χ3n) is 4.59. The fourth-order valence-corrected chi connectivity index (χ4v) is 3.22. The number of rotatable bonds is 8. The summed E-state index contributed by atoms with van der Waals surface area (Å²) in [5, 5.41) is 7.12. The summed E-state index contributed by atoms with van der Waals surface area (Å²) >= 11 is 0. The number of nitrogens with zero attached hydrogens (tertiary/aromatic N) is 3. The molecule has 1 heterocycles. The summed E-state index contributed by atoms with van der Waals surface area (Å²) in [4.78, 5) is 27.8. The third kappa shape index (κ3) is 4.74. The predicted molar refractivity (Wildman–Crippen MR) is 114 cm³/mol. The number of para-hydroxylation sites is 1. The first-order valence-corrected chi connectivity index (χ1v) is 10.0. The minimum absolute atomic E-state index is 0.160. The molecule has 2 aromatic carbocycles. The Bertz CT molecular complexity index is 1010. The number of carbonyl (C=O) groups is 2. The Labute approximate surface area is 175 Å². The highest BCUT2D eigenvalue weighted by Gasteiger charge is 2.24. The van der Waals surface area contributed by atoms with Crippen LogP contribution in [0.5, 0.6) is 0 Å². The van der Waals surface area contributed by atoms with Crippen molar-refractivity contribution in [2.45, 2.75) is 26.7 Å². The number of benzene rings is 2. The van der Waals surface area contributed by atoms with Crippen molar-refractivity contribution in [1.29, 1.82) is 0 Å². The molecule has 2 amide bonds. The summed E-state index contributed by atoms with van der Waals surface area (Å²) in [6.45, 7) is 5.24. The summed E-state index contributed by atoms with van der Waals surface area (Å²) in [6, 6.07) is 14.6. The lowest BCUT2D eigenvalue weighted by Gasteiger charge is -2.21. The molecule has 156 valence electrons. The number of anilines is 1. The van der Waals surface area contributed by atoms with E-state index in [2.05, 4.69) is 10.4 Å². The second kappa shape index (κ2) is 9.82. The molecule has 0 bridgehead atoms. The van der Waals surface area contributed by atoms with Crippen LogP contribution in [0.4, 0.5) is 10.2 Å². The van der Waals surface area contributed by atoms with E-state index >= 15 is 0 Å². The van der Waals surface area contributed by atoms with Crippen molar-refractivity contribution in [2.75, 3.05) is 18.4 Å². The topological polar surface area (TPSA) is 67.2 Å². The van der Waals surface area contributed by atoms with E-state index in [0.717, 1.165) is 18.9 Å². The van der Waals surface area contributed by atoms with E-state index < -0.39 is 11.7 Å². The lowest BCUT2D eigenvalue weighted by Crippen LogP contribution is -2.33. The number of hydrogen-bond acceptors (Lipinski definition) is 3. The van der Waals surface area contributed by atoms with E-state index in [9.17, 15) is 14.0 Å². The maximum atomic E-state index is 13.6. The van der Waals surface area contributed by atoms with Crippen LogP contribution in [-0.2, 0) is 0 Å². The average Bonchev–Trinajstić information content (AvgIpc) is 3.17. The summed E-state index contributed by atoms with van der Waals surface area (Å²) in [5.41, 5.74) is 1.15. The Kier molecular flexibility index (Phi) is 6.95. The summed E-state index contributed by atoms with van der Waals surface area (Å²) in [5.74, 6) is -0.959. The smallest absolute Gasteiger partial charge is 0.259 e. The minimum atomic E-state index is -0.515. The average molecular weight is 408 g/mol. The molecule has 6 nitrogen and oxygen atoms in total. The first-order valence-electron chi connectivity index (χ1n) is 10.0. The van der Waals surface area contributed by atoms with Crippen molar-refractivity contribution in [3.05, 3.63) is 77.7 Å². The van der Waals surface area contributed by atoms with E-state index in [1.54, 1.807) is 4.90 Å². The lowest BCUT2D eigenvalue weighted by atomic mass is 10.2. The zero-order valence-electron chi connectivity index (χ0n) is 17.1. The molecule has 3 aromatic rings. The van der Waals surface area contributed by atoms with Crippen LogP contribution in [-0.4, -0.2) is 39.6 Å². The van der Waals surface area contributed by atoms with Crippen molar-refractivity contribution in [1.82, 2.24) is 14.7 Å². The molecule has 7 heteroatoms. The molecule has 0 aliphatic rings. The van der Waals surface area contributed by atoms with Crippen LogP contribution in [0.25, 0.3) is 5.69 Å². The molecule has 3 rings (SSSR count). The Morgan fingerprint density at radius 1 is 1.03 bits per heavy atom. The largest absolute Gasteiger partial charge is 0.339 e. The summed E-state index contributed by atoms with van der Waals surface area (Å²) < 4.78 is 15.1. The van der Waals surface area contributed by atoms with Gasteiger partial charge in [0.15, 0.2) is 0 Å². The number of nitrogens with one attached hydrogen (secondary N) is 1. The van der Waals surface area contributed by atoms with Gasteiger partial charge in [-0.1, -0.05) is 38.1 Å². The zero-order chi connectivity index (χ0) is 21.5. The Hall–Kier alpha value is -3.48. The second-order valence-electron chi connectivity index (χ2n) is 6.91. The van der Waals surface area contributed by atoms with Gasteiger partial charge in [-0.3, -0.25) is 9.59 Å². The highest BCUT2D eigenvalue weighted by Crippen LogP contribution is 2.23. The van der Waals surface area contributed by atoms with Crippen LogP contribution in [0.2, 0.25) is 0 Å². The van der Waals surface area contributed by atoms with Crippen molar-refractivity contribution in [3.8, 4) is 5.69 Å². The summed E-state index contributed by atoms with van der Waals surface area (Å²) in [6.07, 6.45) is 3.11. The van der Waals surface area contributed by atoms with Gasteiger partial charge < -0.3 is 10.2 Å². The third-order valence-corrected chi connectivity index (χ3v) is 4.59. The summed E-state index contributed by atoms with van der Waals surface area (Å²) in [7, 11) is 0. The van der Waals surface area contributed by atoms with E-state index in [-0.39, 0.29) is 17.3 Å². The first-order chi connectivity index (χ1) is 14.5. The van der Waals surface area contributed by atoms with Gasteiger partial charge in [-0.05, 0) is 43.2 Å². The van der Waals surface area contributed by atoms with E-state index in [1.807, 2.05) is 44.2 Å². The van der Waals surface area contributed by atoms with Gasteiger partial charge >= 0.3 is 0 Å². The Morgan fingerprint density at radius 3 is 2.37 bits per heavy atom. The molecular weight excluding hydrogens is 383 g/mol. The quantitative estimate of drug-likeness (QED) is 0.596. The molecule has 1 N–H and O–H groups in total. The van der Waals surface area contributed by atoms with Gasteiger partial charge in [-0.25, -0.2) is 9.07 Å². The van der Waals surface area contributed by atoms with Crippen LogP contribution >= 0.6 is 0 Å². The van der Waals surface area contributed by atoms with Crippen LogP contribution < -0.4 is 5.32 Å². The van der Waals surface area contributed by atoms with Gasteiger partial charge in [0.05, 0.1) is 11.9 Å². The fourth-order valence-electron chi connectivity index (χ4n) is 3.22. The van der Waals surface area contributed by atoms with Gasteiger partial charge in [0.25, 0.3) is 11.8 Å². The van der Waals surface area contributed by atoms with Crippen LogP contribution in [0.1, 0.15) is 47.4 Å². The standard InChI is InChI=1S/C23H25FN4O2/c1-3-13-27(14-4-2)23(30)20-16-25-28(19-11-6-5-7-12-19)21(20)26-22(29)17-9-8-10-18(24)15-17/h5-12,15-16H,3-4,13-14H2,1-2H3,(H,26,29). The molecule has 0 spiro atoms. The fraction of sp³-hybridized carbons (Fsp3) is 0.261. The van der Waals surface area contributed by atoms with Crippen LogP contribution in [0, 0.1) is 5.82 Å². The first kappa shape index (κ1) is 21.2. The molecule has 30 heavy (non-hydrogen) atoms. The number of amides is 2. The van der Waals surface area contributed by atoms with Crippen molar-refractivity contribution >= 4 is 17.6 Å². The molecule has 0 unspecified atom stereocenters. The normalized spacial score (nSPS) is 10.6. The Balaban J connectivity index is 2.02. The van der Waals surface area contributed by atoms with Crippen LogP contribution in [0.3, 0.4) is 0 Å². The monoisotopic (exact) mass is 408 g/mol. The minimum Gasteiger partial charge on any atom is -0.339 e. The molecule has 0 atom stereocenters. The molecule has 0 aliphatic carbocycles. The molecular formula is C23H25FN4O2. The molecule has 0 aliphatic heterocycles. The van der Waals surface area contributed by atoms with E-state index in [4.69, 9.17) is 0 Å². The lowest BCUT2D eigenvalue weighted by molar-refractivity contribution is 0.0756. The molecule has 1 aromatic heterocycles. The van der Waals surface area contributed by atoms with E-state index in [0.29, 0.717) is 24.3 Å². The van der Waals surface area contributed by atoms with Gasteiger partial charge in [-0.15, -0.1) is 0 Å². The molecule has 0 radical (unpaired) electrons. The number of carbonyl (C=O) groups excluding carboxylic acids is 2. The van der Waals surface area contributed by atoms with Crippen LogP contribution in [0.15, 0.2) is 60.8 Å². The maximum Gasteiger partial charge on any atom is 0.259 e. The number of halogens is 1. The van der Waals surface area contributed by atoms with Crippen molar-refractivity contribution < 1.29 is 14.0 Å².